The highest BCUT2D eigenvalue weighted by atomic mass is 35.5. The zero-order chi connectivity index (χ0) is 15.8. The summed E-state index contributed by atoms with van der Waals surface area (Å²) in [6.07, 6.45) is 6.67. The van der Waals surface area contributed by atoms with E-state index in [1.54, 1.807) is 0 Å². The number of hydrogen-bond acceptors (Lipinski definition) is 4. The van der Waals surface area contributed by atoms with E-state index in [0.29, 0.717) is 10.8 Å². The topological polar surface area (TPSA) is 86.7 Å². The van der Waals surface area contributed by atoms with E-state index >= 15 is 0 Å². The van der Waals surface area contributed by atoms with Crippen molar-refractivity contribution in [2.75, 3.05) is 0 Å². The lowest BCUT2D eigenvalue weighted by atomic mass is 9.36. The lowest BCUT2D eigenvalue weighted by Gasteiger charge is -2.71. The van der Waals surface area contributed by atoms with Crippen LogP contribution in [0.1, 0.15) is 66.7 Å². The summed E-state index contributed by atoms with van der Waals surface area (Å²) in [6, 6.07) is 0. The number of fused-ring (bicyclic) bond motifs is 2. The normalized spacial score (nSPS) is 36.0. The molecular weight excluding hydrogens is 288 g/mol. The van der Waals surface area contributed by atoms with Gasteiger partial charge in [-0.1, -0.05) is 41.0 Å². The SMILES string of the molecule is CC(C)CCC1(C)CCC2C[C@]1(N)C2(C)C.Cl.OB(O)O. The third-order valence-corrected chi connectivity index (χ3v) is 6.13. The summed E-state index contributed by atoms with van der Waals surface area (Å²) in [4.78, 5) is 0. The maximum atomic E-state index is 7.17. The van der Waals surface area contributed by atoms with Gasteiger partial charge in [0.05, 0.1) is 0 Å². The maximum Gasteiger partial charge on any atom is 0.631 e. The van der Waals surface area contributed by atoms with Crippen LogP contribution in [0.15, 0.2) is 0 Å². The van der Waals surface area contributed by atoms with Crippen molar-refractivity contribution in [1.29, 1.82) is 0 Å². The third-order valence-electron chi connectivity index (χ3n) is 6.13. The molecule has 0 aromatic carbocycles. The molecule has 2 unspecified atom stereocenters. The monoisotopic (exact) mass is 321 g/mol. The Kier molecular flexibility index (Phi) is 7.25. The van der Waals surface area contributed by atoms with Crippen molar-refractivity contribution < 1.29 is 15.1 Å². The van der Waals surface area contributed by atoms with E-state index in [2.05, 4.69) is 34.6 Å². The minimum atomic E-state index is -2.17. The summed E-state index contributed by atoms with van der Waals surface area (Å²) < 4.78 is 0. The zero-order valence-corrected chi connectivity index (χ0v) is 14.9. The van der Waals surface area contributed by atoms with Gasteiger partial charge in [0.15, 0.2) is 0 Å². The van der Waals surface area contributed by atoms with Gasteiger partial charge in [0.1, 0.15) is 0 Å². The molecule has 3 aliphatic carbocycles. The molecule has 126 valence electrons. The average molecular weight is 322 g/mol. The van der Waals surface area contributed by atoms with Crippen molar-refractivity contribution in [3.63, 3.8) is 0 Å². The molecule has 2 bridgehead atoms. The van der Waals surface area contributed by atoms with Crippen molar-refractivity contribution in [2.24, 2.45) is 28.4 Å². The van der Waals surface area contributed by atoms with Crippen LogP contribution in [0.25, 0.3) is 0 Å². The minimum Gasteiger partial charge on any atom is -0.402 e. The van der Waals surface area contributed by atoms with Crippen molar-refractivity contribution >= 4 is 19.7 Å². The molecule has 6 heteroatoms. The number of halogens is 1. The van der Waals surface area contributed by atoms with Crippen LogP contribution in [0.4, 0.5) is 0 Å². The maximum absolute atomic E-state index is 7.17. The second kappa shape index (κ2) is 7.18. The predicted molar refractivity (Wildman–Crippen MR) is 89.9 cm³/mol. The average Bonchev–Trinajstić information content (AvgIpc) is 2.29. The molecule has 3 fully saturated rings. The van der Waals surface area contributed by atoms with Crippen LogP contribution in [0.2, 0.25) is 0 Å². The molecule has 0 aromatic rings. The molecule has 0 aliphatic heterocycles. The molecule has 0 heterocycles. The summed E-state index contributed by atoms with van der Waals surface area (Å²) in [5, 5.41) is 21.5. The summed E-state index contributed by atoms with van der Waals surface area (Å²) >= 11 is 0. The quantitative estimate of drug-likeness (QED) is 0.601. The largest absolute Gasteiger partial charge is 0.631 e. The van der Waals surface area contributed by atoms with E-state index in [4.69, 9.17) is 20.8 Å². The van der Waals surface area contributed by atoms with E-state index in [9.17, 15) is 0 Å². The fourth-order valence-corrected chi connectivity index (χ4v) is 4.30. The van der Waals surface area contributed by atoms with E-state index in [0.717, 1.165) is 11.8 Å². The van der Waals surface area contributed by atoms with Crippen molar-refractivity contribution in [3.8, 4) is 0 Å². The van der Waals surface area contributed by atoms with Crippen molar-refractivity contribution in [1.82, 2.24) is 0 Å². The standard InChI is InChI=1S/C15H29N.BH3O3.ClH/c1-11(2)6-8-14(5)9-7-12-10-15(14,16)13(12,3)4;2-1(3)4;/h11-12H,6-10,16H2,1-5H3;2-4H;1H/t12?,14?,15-;;/m0../s1. The van der Waals surface area contributed by atoms with Crippen molar-refractivity contribution in [2.45, 2.75) is 72.3 Å². The third kappa shape index (κ3) is 3.94. The molecule has 3 aliphatic rings. The Morgan fingerprint density at radius 2 is 1.67 bits per heavy atom. The molecule has 21 heavy (non-hydrogen) atoms. The first-order chi connectivity index (χ1) is 8.96. The van der Waals surface area contributed by atoms with Gasteiger partial charge >= 0.3 is 7.32 Å². The van der Waals surface area contributed by atoms with Crippen LogP contribution in [-0.2, 0) is 0 Å². The van der Waals surface area contributed by atoms with E-state index in [-0.39, 0.29) is 17.9 Å². The molecule has 0 spiro atoms. The second-order valence-electron chi connectivity index (χ2n) is 7.97. The van der Waals surface area contributed by atoms with E-state index < -0.39 is 7.32 Å². The molecule has 0 aromatic heterocycles. The molecule has 0 saturated heterocycles. The van der Waals surface area contributed by atoms with Gasteiger partial charge in [-0.25, -0.2) is 0 Å². The Hall–Kier alpha value is 0.195. The first-order valence-electron chi connectivity index (χ1n) is 7.79. The van der Waals surface area contributed by atoms with Crippen LogP contribution in [-0.4, -0.2) is 27.9 Å². The fourth-order valence-electron chi connectivity index (χ4n) is 4.30. The highest BCUT2D eigenvalue weighted by Crippen LogP contribution is 2.68. The van der Waals surface area contributed by atoms with Crippen molar-refractivity contribution in [3.05, 3.63) is 0 Å². The molecule has 3 saturated carbocycles. The molecule has 4 nitrogen and oxygen atoms in total. The summed E-state index contributed by atoms with van der Waals surface area (Å²) in [7, 11) is -2.17. The number of rotatable bonds is 3. The van der Waals surface area contributed by atoms with Crippen LogP contribution in [0.3, 0.4) is 0 Å². The Morgan fingerprint density at radius 3 is 2.05 bits per heavy atom. The first kappa shape index (κ1) is 21.2. The highest BCUT2D eigenvalue weighted by Gasteiger charge is 2.67. The summed E-state index contributed by atoms with van der Waals surface area (Å²) in [5.74, 6) is 1.70. The number of nitrogens with two attached hydrogens (primary N) is 1. The molecule has 0 radical (unpaired) electrons. The smallest absolute Gasteiger partial charge is 0.402 e. The highest BCUT2D eigenvalue weighted by molar-refractivity contribution is 6.30. The van der Waals surface area contributed by atoms with Gasteiger partial charge in [-0.15, -0.1) is 12.4 Å². The Bertz CT molecular complexity index is 338. The summed E-state index contributed by atoms with van der Waals surface area (Å²) in [6.45, 7) is 11.9. The van der Waals surface area contributed by atoms with Gasteiger partial charge in [0, 0.05) is 5.54 Å². The van der Waals surface area contributed by atoms with E-state index in [1.807, 2.05) is 0 Å². The van der Waals surface area contributed by atoms with E-state index in [1.165, 1.54) is 32.1 Å². The molecular formula is C15H33BClNO3. The van der Waals surface area contributed by atoms with Gasteiger partial charge in [-0.2, -0.15) is 0 Å². The number of hydrogen-bond donors (Lipinski definition) is 4. The molecule has 0 amide bonds. The lowest BCUT2D eigenvalue weighted by molar-refractivity contribution is -0.175. The Balaban J connectivity index is 0.000000715. The minimum absolute atomic E-state index is 0. The van der Waals surface area contributed by atoms with Gasteiger partial charge < -0.3 is 20.8 Å². The molecule has 5 N–H and O–H groups in total. The van der Waals surface area contributed by atoms with Gasteiger partial charge in [0.2, 0.25) is 0 Å². The molecule has 3 rings (SSSR count). The van der Waals surface area contributed by atoms with Gasteiger partial charge in [0.25, 0.3) is 0 Å². The van der Waals surface area contributed by atoms with Gasteiger partial charge in [-0.05, 0) is 48.3 Å². The van der Waals surface area contributed by atoms with Gasteiger partial charge in [-0.3, -0.25) is 0 Å². The van der Waals surface area contributed by atoms with Crippen LogP contribution >= 0.6 is 12.4 Å². The Morgan fingerprint density at radius 1 is 1.19 bits per heavy atom. The summed E-state index contributed by atoms with van der Waals surface area (Å²) in [5.41, 5.74) is 7.65. The lowest BCUT2D eigenvalue weighted by Crippen LogP contribution is -2.76. The second-order valence-corrected chi connectivity index (χ2v) is 7.97. The predicted octanol–water partition coefficient (Wildman–Crippen LogP) is 2.34. The first-order valence-corrected chi connectivity index (χ1v) is 7.79. The fraction of sp³-hybridized carbons (Fsp3) is 1.00. The molecule has 3 atom stereocenters. The van der Waals surface area contributed by atoms with Crippen LogP contribution in [0.5, 0.6) is 0 Å². The van der Waals surface area contributed by atoms with Crippen LogP contribution in [0, 0.1) is 22.7 Å². The Labute approximate surface area is 136 Å². The zero-order valence-electron chi connectivity index (χ0n) is 14.1. The van der Waals surface area contributed by atoms with Crippen LogP contribution < -0.4 is 5.73 Å².